The highest BCUT2D eigenvalue weighted by molar-refractivity contribution is 7.09. The normalized spacial score (nSPS) is 12.8. The Kier molecular flexibility index (Phi) is 3.51. The standard InChI is InChI=1S/C15H15NO2S/c17-15(18-8-6-13-2-1-9-19-13)12-3-4-14-11(10-12)5-7-16-14/h1-4,9-10,16H,5-8H2. The second kappa shape index (κ2) is 5.45. The van der Waals surface area contributed by atoms with Gasteiger partial charge in [0.25, 0.3) is 0 Å². The minimum Gasteiger partial charge on any atom is -0.462 e. The van der Waals surface area contributed by atoms with E-state index < -0.39 is 0 Å². The summed E-state index contributed by atoms with van der Waals surface area (Å²) in [6, 6.07) is 9.78. The molecule has 98 valence electrons. The number of esters is 1. The monoisotopic (exact) mass is 273 g/mol. The van der Waals surface area contributed by atoms with Gasteiger partial charge in [0.15, 0.2) is 0 Å². The van der Waals surface area contributed by atoms with Gasteiger partial charge in [-0.05, 0) is 41.6 Å². The molecule has 1 aliphatic heterocycles. The molecule has 1 aliphatic rings. The number of hydrogen-bond donors (Lipinski definition) is 1. The van der Waals surface area contributed by atoms with Crippen LogP contribution in [0.2, 0.25) is 0 Å². The summed E-state index contributed by atoms with van der Waals surface area (Å²) >= 11 is 1.69. The number of benzene rings is 1. The molecule has 1 aromatic heterocycles. The zero-order valence-electron chi connectivity index (χ0n) is 10.5. The molecule has 1 N–H and O–H groups in total. The molecule has 0 atom stereocenters. The topological polar surface area (TPSA) is 38.3 Å². The summed E-state index contributed by atoms with van der Waals surface area (Å²) in [5.74, 6) is -0.230. The number of rotatable bonds is 4. The Hall–Kier alpha value is -1.81. The van der Waals surface area contributed by atoms with Crippen LogP contribution < -0.4 is 5.32 Å². The zero-order valence-corrected chi connectivity index (χ0v) is 11.3. The molecule has 0 fully saturated rings. The van der Waals surface area contributed by atoms with Gasteiger partial charge in [0.05, 0.1) is 12.2 Å². The second-order valence-corrected chi connectivity index (χ2v) is 5.55. The maximum atomic E-state index is 11.9. The van der Waals surface area contributed by atoms with Crippen molar-refractivity contribution in [1.29, 1.82) is 0 Å². The van der Waals surface area contributed by atoms with E-state index in [-0.39, 0.29) is 5.97 Å². The average molecular weight is 273 g/mol. The lowest BCUT2D eigenvalue weighted by molar-refractivity contribution is 0.0510. The van der Waals surface area contributed by atoms with Crippen LogP contribution in [0.15, 0.2) is 35.7 Å². The molecule has 0 unspecified atom stereocenters. The minimum absolute atomic E-state index is 0.230. The third kappa shape index (κ3) is 2.79. The van der Waals surface area contributed by atoms with Crippen LogP contribution in [0.1, 0.15) is 20.8 Å². The van der Waals surface area contributed by atoms with Crippen molar-refractivity contribution in [2.75, 3.05) is 18.5 Å². The molecule has 0 saturated heterocycles. The lowest BCUT2D eigenvalue weighted by Crippen LogP contribution is -2.08. The summed E-state index contributed by atoms with van der Waals surface area (Å²) < 4.78 is 5.31. The summed E-state index contributed by atoms with van der Waals surface area (Å²) in [5, 5.41) is 5.31. The van der Waals surface area contributed by atoms with Crippen LogP contribution >= 0.6 is 11.3 Å². The first-order chi connectivity index (χ1) is 9.33. The SMILES string of the molecule is O=C(OCCc1cccs1)c1ccc2c(c1)CCN2. The Morgan fingerprint density at radius 3 is 3.16 bits per heavy atom. The molecule has 0 spiro atoms. The molecule has 2 heterocycles. The summed E-state index contributed by atoms with van der Waals surface area (Å²) in [6.07, 6.45) is 1.77. The average Bonchev–Trinajstić information content (AvgIpc) is 3.08. The summed E-state index contributed by atoms with van der Waals surface area (Å²) in [5.41, 5.74) is 2.98. The van der Waals surface area contributed by atoms with E-state index in [0.29, 0.717) is 12.2 Å². The van der Waals surface area contributed by atoms with Crippen molar-refractivity contribution in [3.05, 3.63) is 51.7 Å². The predicted molar refractivity (Wildman–Crippen MR) is 76.9 cm³/mol. The van der Waals surface area contributed by atoms with Crippen LogP contribution in [0.5, 0.6) is 0 Å². The van der Waals surface area contributed by atoms with E-state index in [2.05, 4.69) is 11.4 Å². The molecule has 1 aromatic carbocycles. The molecule has 3 rings (SSSR count). The number of carbonyl (C=O) groups excluding carboxylic acids is 1. The maximum Gasteiger partial charge on any atom is 0.338 e. The van der Waals surface area contributed by atoms with E-state index in [1.165, 1.54) is 10.4 Å². The molecule has 0 bridgehead atoms. The Balaban J connectivity index is 1.58. The second-order valence-electron chi connectivity index (χ2n) is 4.51. The molecular formula is C15H15NO2S. The highest BCUT2D eigenvalue weighted by Crippen LogP contribution is 2.23. The molecule has 0 amide bonds. The van der Waals surface area contributed by atoms with E-state index in [0.717, 1.165) is 25.1 Å². The van der Waals surface area contributed by atoms with Crippen LogP contribution in [-0.4, -0.2) is 19.1 Å². The minimum atomic E-state index is -0.230. The fourth-order valence-electron chi connectivity index (χ4n) is 2.21. The highest BCUT2D eigenvalue weighted by atomic mass is 32.1. The van der Waals surface area contributed by atoms with Crippen molar-refractivity contribution in [3.63, 3.8) is 0 Å². The molecular weight excluding hydrogens is 258 g/mol. The summed E-state index contributed by atoms with van der Waals surface area (Å²) in [7, 11) is 0. The predicted octanol–water partition coefficient (Wildman–Crippen LogP) is 3.12. The van der Waals surface area contributed by atoms with Crippen molar-refractivity contribution in [2.45, 2.75) is 12.8 Å². The number of thiophene rings is 1. The van der Waals surface area contributed by atoms with Gasteiger partial charge in [-0.3, -0.25) is 0 Å². The Morgan fingerprint density at radius 1 is 1.37 bits per heavy atom. The number of fused-ring (bicyclic) bond motifs is 1. The number of anilines is 1. The van der Waals surface area contributed by atoms with Crippen molar-refractivity contribution in [2.24, 2.45) is 0 Å². The first-order valence-corrected chi connectivity index (χ1v) is 7.27. The van der Waals surface area contributed by atoms with Gasteiger partial charge in [-0.2, -0.15) is 0 Å². The van der Waals surface area contributed by atoms with E-state index in [4.69, 9.17) is 4.74 Å². The fourth-order valence-corrected chi connectivity index (χ4v) is 2.90. The van der Waals surface area contributed by atoms with Gasteiger partial charge in [0.1, 0.15) is 0 Å². The van der Waals surface area contributed by atoms with Crippen molar-refractivity contribution in [1.82, 2.24) is 0 Å². The largest absolute Gasteiger partial charge is 0.462 e. The molecule has 19 heavy (non-hydrogen) atoms. The molecule has 4 heteroatoms. The fraction of sp³-hybridized carbons (Fsp3) is 0.267. The van der Waals surface area contributed by atoms with Crippen molar-refractivity contribution < 1.29 is 9.53 Å². The van der Waals surface area contributed by atoms with E-state index in [9.17, 15) is 4.79 Å². The van der Waals surface area contributed by atoms with E-state index in [1.807, 2.05) is 29.6 Å². The van der Waals surface area contributed by atoms with Gasteiger partial charge < -0.3 is 10.1 Å². The Morgan fingerprint density at radius 2 is 2.32 bits per heavy atom. The van der Waals surface area contributed by atoms with Crippen LogP contribution in [0, 0.1) is 0 Å². The third-order valence-electron chi connectivity index (χ3n) is 3.21. The van der Waals surface area contributed by atoms with Crippen molar-refractivity contribution >= 4 is 23.0 Å². The smallest absolute Gasteiger partial charge is 0.338 e. The van der Waals surface area contributed by atoms with E-state index in [1.54, 1.807) is 11.3 Å². The highest BCUT2D eigenvalue weighted by Gasteiger charge is 2.14. The van der Waals surface area contributed by atoms with Gasteiger partial charge in [-0.15, -0.1) is 11.3 Å². The lowest BCUT2D eigenvalue weighted by Gasteiger charge is -2.06. The number of nitrogens with one attached hydrogen (secondary N) is 1. The van der Waals surface area contributed by atoms with Crippen LogP contribution in [-0.2, 0) is 17.6 Å². The van der Waals surface area contributed by atoms with Gasteiger partial charge >= 0.3 is 5.97 Å². The number of ether oxygens (including phenoxy) is 1. The van der Waals surface area contributed by atoms with E-state index >= 15 is 0 Å². The van der Waals surface area contributed by atoms with Crippen LogP contribution in [0.25, 0.3) is 0 Å². The number of carbonyl (C=O) groups is 1. The molecule has 0 saturated carbocycles. The number of hydrogen-bond acceptors (Lipinski definition) is 4. The quantitative estimate of drug-likeness (QED) is 0.870. The Bertz CT molecular complexity index is 578. The summed E-state index contributed by atoms with van der Waals surface area (Å²) in [6.45, 7) is 1.39. The van der Waals surface area contributed by atoms with Crippen LogP contribution in [0.4, 0.5) is 5.69 Å². The zero-order chi connectivity index (χ0) is 13.1. The van der Waals surface area contributed by atoms with Gasteiger partial charge in [-0.25, -0.2) is 4.79 Å². The molecule has 0 radical (unpaired) electrons. The van der Waals surface area contributed by atoms with Gasteiger partial charge in [0, 0.05) is 23.5 Å². The molecule has 2 aromatic rings. The first kappa shape index (κ1) is 12.2. The van der Waals surface area contributed by atoms with Crippen molar-refractivity contribution in [3.8, 4) is 0 Å². The van der Waals surface area contributed by atoms with Crippen LogP contribution in [0.3, 0.4) is 0 Å². The first-order valence-electron chi connectivity index (χ1n) is 6.39. The maximum absolute atomic E-state index is 11.9. The molecule has 0 aliphatic carbocycles. The Labute approximate surface area is 116 Å². The lowest BCUT2D eigenvalue weighted by atomic mass is 10.1. The van der Waals surface area contributed by atoms with Gasteiger partial charge in [-0.1, -0.05) is 6.07 Å². The summed E-state index contributed by atoms with van der Waals surface area (Å²) in [4.78, 5) is 13.2. The van der Waals surface area contributed by atoms with Gasteiger partial charge in [0.2, 0.25) is 0 Å². The third-order valence-corrected chi connectivity index (χ3v) is 4.15. The molecule has 3 nitrogen and oxygen atoms in total.